The van der Waals surface area contributed by atoms with Crippen molar-refractivity contribution in [2.45, 2.75) is 33.7 Å². The molecule has 108 valence electrons. The summed E-state index contributed by atoms with van der Waals surface area (Å²) >= 11 is 0. The molecule has 0 radical (unpaired) electrons. The molecule has 3 nitrogen and oxygen atoms in total. The van der Waals surface area contributed by atoms with E-state index in [0.717, 1.165) is 24.1 Å². The van der Waals surface area contributed by atoms with Gasteiger partial charge >= 0.3 is 0 Å². The quantitative estimate of drug-likeness (QED) is 0.841. The van der Waals surface area contributed by atoms with E-state index in [2.05, 4.69) is 26.8 Å². The van der Waals surface area contributed by atoms with E-state index >= 15 is 0 Å². The summed E-state index contributed by atoms with van der Waals surface area (Å²) in [5.74, 6) is 0.109. The first-order valence-corrected chi connectivity index (χ1v) is 7.19. The van der Waals surface area contributed by atoms with Crippen LogP contribution in [0.15, 0.2) is 35.9 Å². The Kier molecular flexibility index (Phi) is 4.29. The largest absolute Gasteiger partial charge is 0.335 e. The first-order valence-electron chi connectivity index (χ1n) is 7.19. The molecule has 1 amide bonds. The molecule has 0 unspecified atom stereocenters. The number of carbonyl (C=O) groups excluding carboxylic acids is 1. The minimum Gasteiger partial charge on any atom is -0.335 e. The maximum atomic E-state index is 12.4. The summed E-state index contributed by atoms with van der Waals surface area (Å²) < 4.78 is 0. The van der Waals surface area contributed by atoms with E-state index in [4.69, 9.17) is 5.73 Å². The van der Waals surface area contributed by atoms with Crippen molar-refractivity contribution < 1.29 is 4.79 Å². The van der Waals surface area contributed by atoms with Gasteiger partial charge in [0.2, 0.25) is 0 Å². The Labute approximate surface area is 121 Å². The number of nitrogens with two attached hydrogens (primary N) is 1. The summed E-state index contributed by atoms with van der Waals surface area (Å²) in [5, 5.41) is 0. The SMILES string of the molecule is CC(C)(C)C1=CCN(C(=O)c2ccc(CN)cc2)CC1. The molecule has 1 aromatic carbocycles. The Bertz CT molecular complexity index is 509. The summed E-state index contributed by atoms with van der Waals surface area (Å²) in [6.45, 7) is 8.70. The van der Waals surface area contributed by atoms with Gasteiger partial charge < -0.3 is 10.6 Å². The van der Waals surface area contributed by atoms with Gasteiger partial charge in [0.05, 0.1) is 0 Å². The molecule has 0 saturated heterocycles. The molecule has 0 bridgehead atoms. The lowest BCUT2D eigenvalue weighted by molar-refractivity contribution is 0.0765. The standard InChI is InChI=1S/C17H24N2O/c1-17(2,3)15-8-10-19(11-9-15)16(20)14-6-4-13(12-18)5-7-14/h4-8H,9-12,18H2,1-3H3. The van der Waals surface area contributed by atoms with Gasteiger partial charge in [0.25, 0.3) is 5.91 Å². The van der Waals surface area contributed by atoms with Crippen LogP contribution in [0.3, 0.4) is 0 Å². The molecule has 0 aromatic heterocycles. The van der Waals surface area contributed by atoms with E-state index in [1.54, 1.807) is 0 Å². The molecule has 20 heavy (non-hydrogen) atoms. The van der Waals surface area contributed by atoms with Crippen LogP contribution in [0.4, 0.5) is 0 Å². The first-order chi connectivity index (χ1) is 9.41. The van der Waals surface area contributed by atoms with E-state index in [1.807, 2.05) is 29.2 Å². The second-order valence-corrected chi connectivity index (χ2v) is 6.38. The maximum Gasteiger partial charge on any atom is 0.254 e. The molecule has 1 aliphatic rings. The van der Waals surface area contributed by atoms with Crippen LogP contribution in [-0.2, 0) is 6.54 Å². The predicted octanol–water partition coefficient (Wildman–Crippen LogP) is 2.96. The minimum absolute atomic E-state index is 0.109. The molecule has 0 spiro atoms. The van der Waals surface area contributed by atoms with Gasteiger partial charge in [-0.3, -0.25) is 4.79 Å². The Balaban J connectivity index is 2.06. The molecule has 0 atom stereocenters. The van der Waals surface area contributed by atoms with Crippen LogP contribution in [0.25, 0.3) is 0 Å². The summed E-state index contributed by atoms with van der Waals surface area (Å²) in [6.07, 6.45) is 3.17. The summed E-state index contributed by atoms with van der Waals surface area (Å²) in [7, 11) is 0. The molecule has 1 aromatic rings. The van der Waals surface area contributed by atoms with Crippen LogP contribution in [0.1, 0.15) is 43.1 Å². The van der Waals surface area contributed by atoms with Crippen molar-refractivity contribution in [1.29, 1.82) is 0 Å². The number of rotatable bonds is 2. The Morgan fingerprint density at radius 2 is 1.90 bits per heavy atom. The fourth-order valence-corrected chi connectivity index (χ4v) is 2.50. The molecule has 0 fully saturated rings. The predicted molar refractivity (Wildman–Crippen MR) is 82.4 cm³/mol. The fraction of sp³-hybridized carbons (Fsp3) is 0.471. The number of hydrogen-bond donors (Lipinski definition) is 1. The third-order valence-corrected chi connectivity index (χ3v) is 3.90. The maximum absolute atomic E-state index is 12.4. The zero-order valence-corrected chi connectivity index (χ0v) is 12.6. The third-order valence-electron chi connectivity index (χ3n) is 3.90. The molecular weight excluding hydrogens is 248 g/mol. The topological polar surface area (TPSA) is 46.3 Å². The molecule has 2 rings (SSSR count). The highest BCUT2D eigenvalue weighted by molar-refractivity contribution is 5.94. The molecule has 3 heteroatoms. The lowest BCUT2D eigenvalue weighted by atomic mass is 9.83. The number of amides is 1. The van der Waals surface area contributed by atoms with Crippen molar-refractivity contribution in [2.24, 2.45) is 11.1 Å². The van der Waals surface area contributed by atoms with Crippen molar-refractivity contribution in [2.75, 3.05) is 13.1 Å². The zero-order chi connectivity index (χ0) is 14.8. The van der Waals surface area contributed by atoms with Crippen molar-refractivity contribution in [3.63, 3.8) is 0 Å². The molecule has 1 aliphatic heterocycles. The number of carbonyl (C=O) groups is 1. The zero-order valence-electron chi connectivity index (χ0n) is 12.6. The summed E-state index contributed by atoms with van der Waals surface area (Å²) in [5.41, 5.74) is 9.02. The van der Waals surface area contributed by atoms with Gasteiger partial charge in [-0.1, -0.05) is 44.6 Å². The summed E-state index contributed by atoms with van der Waals surface area (Å²) in [4.78, 5) is 14.3. The van der Waals surface area contributed by atoms with Crippen LogP contribution >= 0.6 is 0 Å². The fourth-order valence-electron chi connectivity index (χ4n) is 2.50. The Morgan fingerprint density at radius 1 is 1.25 bits per heavy atom. The normalized spacial score (nSPS) is 16.0. The van der Waals surface area contributed by atoms with Crippen molar-refractivity contribution >= 4 is 5.91 Å². The Morgan fingerprint density at radius 3 is 2.35 bits per heavy atom. The van der Waals surface area contributed by atoms with Gasteiger partial charge in [-0.2, -0.15) is 0 Å². The molecule has 2 N–H and O–H groups in total. The highest BCUT2D eigenvalue weighted by Crippen LogP contribution is 2.30. The van der Waals surface area contributed by atoms with Crippen LogP contribution < -0.4 is 5.73 Å². The first kappa shape index (κ1) is 14.8. The third kappa shape index (κ3) is 3.28. The van der Waals surface area contributed by atoms with Crippen molar-refractivity contribution in [3.05, 3.63) is 47.0 Å². The second-order valence-electron chi connectivity index (χ2n) is 6.38. The van der Waals surface area contributed by atoms with Gasteiger partial charge in [-0.25, -0.2) is 0 Å². The lowest BCUT2D eigenvalue weighted by Crippen LogP contribution is -2.36. The summed E-state index contributed by atoms with van der Waals surface area (Å²) in [6, 6.07) is 7.59. The smallest absolute Gasteiger partial charge is 0.254 e. The number of nitrogens with zero attached hydrogens (tertiary/aromatic N) is 1. The van der Waals surface area contributed by atoms with Gasteiger partial charge in [0.1, 0.15) is 0 Å². The van der Waals surface area contributed by atoms with Gasteiger partial charge in [0, 0.05) is 25.2 Å². The molecular formula is C17H24N2O. The number of hydrogen-bond acceptors (Lipinski definition) is 2. The number of benzene rings is 1. The highest BCUT2D eigenvalue weighted by Gasteiger charge is 2.24. The van der Waals surface area contributed by atoms with Gasteiger partial charge in [-0.05, 0) is 29.5 Å². The lowest BCUT2D eigenvalue weighted by Gasteiger charge is -2.32. The van der Waals surface area contributed by atoms with Gasteiger partial charge in [-0.15, -0.1) is 0 Å². The molecule has 1 heterocycles. The molecule has 0 saturated carbocycles. The van der Waals surface area contributed by atoms with E-state index in [9.17, 15) is 4.79 Å². The second kappa shape index (κ2) is 5.80. The van der Waals surface area contributed by atoms with Crippen LogP contribution in [0.5, 0.6) is 0 Å². The van der Waals surface area contributed by atoms with Gasteiger partial charge in [0.15, 0.2) is 0 Å². The van der Waals surface area contributed by atoms with Crippen LogP contribution in [0.2, 0.25) is 0 Å². The average molecular weight is 272 g/mol. The van der Waals surface area contributed by atoms with Crippen molar-refractivity contribution in [1.82, 2.24) is 4.90 Å². The Hall–Kier alpha value is -1.61. The van der Waals surface area contributed by atoms with E-state index in [-0.39, 0.29) is 11.3 Å². The van der Waals surface area contributed by atoms with E-state index < -0.39 is 0 Å². The minimum atomic E-state index is 0.109. The molecule has 0 aliphatic carbocycles. The van der Waals surface area contributed by atoms with Crippen LogP contribution in [0, 0.1) is 5.41 Å². The van der Waals surface area contributed by atoms with E-state index in [0.29, 0.717) is 13.1 Å². The van der Waals surface area contributed by atoms with Crippen molar-refractivity contribution in [3.8, 4) is 0 Å². The monoisotopic (exact) mass is 272 g/mol. The van der Waals surface area contributed by atoms with E-state index in [1.165, 1.54) is 5.57 Å². The average Bonchev–Trinajstić information content (AvgIpc) is 2.46. The van der Waals surface area contributed by atoms with Crippen LogP contribution in [-0.4, -0.2) is 23.9 Å². The highest BCUT2D eigenvalue weighted by atomic mass is 16.2.